The first-order chi connectivity index (χ1) is 8.66. The number of carbonyl (C=O) groups excluding carboxylic acids is 1. The molecule has 0 aliphatic carbocycles. The van der Waals surface area contributed by atoms with E-state index in [1.54, 1.807) is 0 Å². The second-order valence-corrected chi connectivity index (χ2v) is 5.31. The minimum absolute atomic E-state index is 0. The molecular formula is C15H23ClN2O. The third-order valence-corrected chi connectivity index (χ3v) is 3.63. The van der Waals surface area contributed by atoms with Gasteiger partial charge in [-0.15, -0.1) is 12.4 Å². The van der Waals surface area contributed by atoms with Crippen molar-refractivity contribution < 1.29 is 4.79 Å². The molecule has 1 aliphatic heterocycles. The fourth-order valence-electron chi connectivity index (χ4n) is 2.55. The normalized spacial score (nSPS) is 20.5. The third-order valence-electron chi connectivity index (χ3n) is 3.63. The summed E-state index contributed by atoms with van der Waals surface area (Å²) >= 11 is 0. The van der Waals surface area contributed by atoms with Gasteiger partial charge in [0.05, 0.1) is 0 Å². The van der Waals surface area contributed by atoms with Gasteiger partial charge in [0, 0.05) is 25.6 Å². The lowest BCUT2D eigenvalue weighted by Gasteiger charge is -2.31. The smallest absolute Gasteiger partial charge is 0.224 e. The van der Waals surface area contributed by atoms with Crippen LogP contribution in [0.1, 0.15) is 37.8 Å². The Morgan fingerprint density at radius 2 is 2.11 bits per heavy atom. The Balaban J connectivity index is 0.00000180. The number of likely N-dealkylation sites (tertiary alicyclic amines) is 1. The standard InChI is InChI=1S/C15H22N2O.ClH/c1-12-6-5-9-17(11-12)15(18)10-14(16)13-7-3-2-4-8-13;/h2-4,7-8,12,14H,5-6,9-11,16H2,1H3;1H. The highest BCUT2D eigenvalue weighted by Crippen LogP contribution is 2.19. The fraction of sp³-hybridized carbons (Fsp3) is 0.533. The van der Waals surface area contributed by atoms with E-state index in [0.717, 1.165) is 25.1 Å². The van der Waals surface area contributed by atoms with E-state index in [0.29, 0.717) is 12.3 Å². The molecule has 4 heteroatoms. The van der Waals surface area contributed by atoms with Gasteiger partial charge in [0.2, 0.25) is 5.91 Å². The number of piperidine rings is 1. The summed E-state index contributed by atoms with van der Waals surface area (Å²) in [4.78, 5) is 14.1. The van der Waals surface area contributed by atoms with Crippen LogP contribution in [0.4, 0.5) is 0 Å². The molecule has 1 saturated heterocycles. The number of rotatable bonds is 3. The molecule has 1 fully saturated rings. The predicted octanol–water partition coefficient (Wildman–Crippen LogP) is 2.76. The zero-order chi connectivity index (χ0) is 13.0. The lowest BCUT2D eigenvalue weighted by Crippen LogP contribution is -2.40. The Morgan fingerprint density at radius 1 is 1.42 bits per heavy atom. The molecule has 1 heterocycles. The Morgan fingerprint density at radius 3 is 2.74 bits per heavy atom. The molecule has 0 bridgehead atoms. The first kappa shape index (κ1) is 16.0. The van der Waals surface area contributed by atoms with Gasteiger partial charge in [-0.25, -0.2) is 0 Å². The molecule has 0 spiro atoms. The van der Waals surface area contributed by atoms with E-state index < -0.39 is 0 Å². The van der Waals surface area contributed by atoms with E-state index in [9.17, 15) is 4.79 Å². The summed E-state index contributed by atoms with van der Waals surface area (Å²) in [5.41, 5.74) is 7.13. The van der Waals surface area contributed by atoms with Crippen LogP contribution < -0.4 is 5.73 Å². The maximum Gasteiger partial charge on any atom is 0.224 e. The maximum atomic E-state index is 12.2. The van der Waals surface area contributed by atoms with E-state index in [4.69, 9.17) is 5.73 Å². The Hall–Kier alpha value is -1.06. The molecule has 1 aromatic rings. The zero-order valence-corrected chi connectivity index (χ0v) is 12.2. The lowest BCUT2D eigenvalue weighted by atomic mass is 9.98. The van der Waals surface area contributed by atoms with E-state index in [2.05, 4.69) is 6.92 Å². The van der Waals surface area contributed by atoms with Gasteiger partial charge in [0.25, 0.3) is 0 Å². The van der Waals surface area contributed by atoms with Gasteiger partial charge in [0.1, 0.15) is 0 Å². The first-order valence-corrected chi connectivity index (χ1v) is 6.75. The van der Waals surface area contributed by atoms with Crippen LogP contribution in [0.2, 0.25) is 0 Å². The summed E-state index contributed by atoms with van der Waals surface area (Å²) in [5.74, 6) is 0.813. The number of amides is 1. The Labute approximate surface area is 121 Å². The summed E-state index contributed by atoms with van der Waals surface area (Å²) < 4.78 is 0. The molecule has 0 saturated carbocycles. The van der Waals surface area contributed by atoms with Crippen LogP contribution in [0.5, 0.6) is 0 Å². The van der Waals surface area contributed by atoms with E-state index in [1.165, 1.54) is 6.42 Å². The second-order valence-electron chi connectivity index (χ2n) is 5.31. The maximum absolute atomic E-state index is 12.2. The highest BCUT2D eigenvalue weighted by atomic mass is 35.5. The highest BCUT2D eigenvalue weighted by Gasteiger charge is 2.22. The molecule has 2 unspecified atom stereocenters. The van der Waals surface area contributed by atoms with Crippen molar-refractivity contribution in [1.82, 2.24) is 4.90 Å². The third kappa shape index (κ3) is 4.51. The van der Waals surface area contributed by atoms with Crippen LogP contribution in [0.3, 0.4) is 0 Å². The van der Waals surface area contributed by atoms with E-state index >= 15 is 0 Å². The summed E-state index contributed by atoms with van der Waals surface area (Å²) in [6, 6.07) is 9.67. The van der Waals surface area contributed by atoms with Gasteiger partial charge in [-0.05, 0) is 24.3 Å². The average Bonchev–Trinajstić information content (AvgIpc) is 2.39. The summed E-state index contributed by atoms with van der Waals surface area (Å²) in [6.45, 7) is 3.99. The molecule has 1 aliphatic rings. The molecule has 1 aromatic carbocycles. The van der Waals surface area contributed by atoms with Crippen molar-refractivity contribution in [2.45, 2.75) is 32.2 Å². The first-order valence-electron chi connectivity index (χ1n) is 6.75. The number of hydrogen-bond acceptors (Lipinski definition) is 2. The molecule has 0 aromatic heterocycles. The number of nitrogens with two attached hydrogens (primary N) is 1. The zero-order valence-electron chi connectivity index (χ0n) is 11.4. The average molecular weight is 283 g/mol. The summed E-state index contributed by atoms with van der Waals surface area (Å²) in [5, 5.41) is 0. The van der Waals surface area contributed by atoms with E-state index in [1.807, 2.05) is 35.2 Å². The number of hydrogen-bond donors (Lipinski definition) is 1. The molecule has 106 valence electrons. The SMILES string of the molecule is CC1CCCN(C(=O)CC(N)c2ccccc2)C1.Cl. The van der Waals surface area contributed by atoms with Crippen molar-refractivity contribution >= 4 is 18.3 Å². The van der Waals surface area contributed by atoms with Crippen LogP contribution in [-0.2, 0) is 4.79 Å². The molecule has 0 radical (unpaired) electrons. The number of halogens is 1. The second kappa shape index (κ2) is 7.51. The van der Waals surface area contributed by atoms with E-state index in [-0.39, 0.29) is 24.4 Å². The molecule has 2 N–H and O–H groups in total. The van der Waals surface area contributed by atoms with Crippen molar-refractivity contribution in [3.63, 3.8) is 0 Å². The molecular weight excluding hydrogens is 260 g/mol. The van der Waals surface area contributed by atoms with Crippen LogP contribution >= 0.6 is 12.4 Å². The van der Waals surface area contributed by atoms with Gasteiger partial charge in [-0.3, -0.25) is 4.79 Å². The van der Waals surface area contributed by atoms with Gasteiger partial charge in [0.15, 0.2) is 0 Å². The van der Waals surface area contributed by atoms with Crippen molar-refractivity contribution in [2.24, 2.45) is 11.7 Å². The fourth-order valence-corrected chi connectivity index (χ4v) is 2.55. The van der Waals surface area contributed by atoms with Crippen molar-refractivity contribution in [3.05, 3.63) is 35.9 Å². The van der Waals surface area contributed by atoms with Crippen LogP contribution in [-0.4, -0.2) is 23.9 Å². The monoisotopic (exact) mass is 282 g/mol. The lowest BCUT2D eigenvalue weighted by molar-refractivity contribution is -0.133. The minimum Gasteiger partial charge on any atom is -0.342 e. The largest absolute Gasteiger partial charge is 0.342 e. The Bertz CT molecular complexity index is 396. The van der Waals surface area contributed by atoms with Gasteiger partial charge >= 0.3 is 0 Å². The number of benzene rings is 1. The Kier molecular flexibility index (Phi) is 6.32. The van der Waals surface area contributed by atoms with Gasteiger partial charge < -0.3 is 10.6 Å². The number of nitrogens with zero attached hydrogens (tertiary/aromatic N) is 1. The molecule has 3 nitrogen and oxygen atoms in total. The quantitative estimate of drug-likeness (QED) is 0.927. The topological polar surface area (TPSA) is 46.3 Å². The van der Waals surface area contributed by atoms with Crippen LogP contribution in [0.15, 0.2) is 30.3 Å². The molecule has 2 atom stereocenters. The molecule has 1 amide bonds. The van der Waals surface area contributed by atoms with Crippen LogP contribution in [0.25, 0.3) is 0 Å². The van der Waals surface area contributed by atoms with Crippen molar-refractivity contribution in [3.8, 4) is 0 Å². The highest BCUT2D eigenvalue weighted by molar-refractivity contribution is 5.85. The van der Waals surface area contributed by atoms with Gasteiger partial charge in [-0.2, -0.15) is 0 Å². The van der Waals surface area contributed by atoms with Crippen molar-refractivity contribution in [2.75, 3.05) is 13.1 Å². The van der Waals surface area contributed by atoms with Crippen molar-refractivity contribution in [1.29, 1.82) is 0 Å². The minimum atomic E-state index is -0.184. The van der Waals surface area contributed by atoms with Crippen LogP contribution in [0, 0.1) is 5.92 Å². The predicted molar refractivity (Wildman–Crippen MR) is 80.2 cm³/mol. The molecule has 19 heavy (non-hydrogen) atoms. The molecule has 2 rings (SSSR count). The number of carbonyl (C=O) groups is 1. The summed E-state index contributed by atoms with van der Waals surface area (Å²) in [7, 11) is 0. The summed E-state index contributed by atoms with van der Waals surface area (Å²) in [6.07, 6.45) is 2.76. The van der Waals surface area contributed by atoms with Gasteiger partial charge in [-0.1, -0.05) is 37.3 Å².